The largest absolute Gasteiger partial charge is 1.00 e. The monoisotopic (exact) mass is 400 g/mol. The standard InChI is InChI=1S/C2H2O4.4CHNO.K.H3O4P.H/c3-1(4)2(5)6;4*2-1-3;;1-5(2,3)4;/h(H,3,4)(H,5,6);4*2H;;(H3,1,2,3,4);/q;;;;;+1;;-1. The number of rotatable bonds is 0. The van der Waals surface area contributed by atoms with Crippen molar-refractivity contribution < 1.29 is 111 Å². The number of phosphoric acid groups is 1. The van der Waals surface area contributed by atoms with Crippen molar-refractivity contribution in [1.82, 2.24) is 0 Å². The molecular formula is C6H10KN4O12P. The van der Waals surface area contributed by atoms with Gasteiger partial charge in [-0.15, -0.1) is 0 Å². The number of carboxylic acid groups (broad SMARTS) is 2. The summed E-state index contributed by atoms with van der Waals surface area (Å²) in [5.74, 6) is -3.65. The van der Waals surface area contributed by atoms with Gasteiger partial charge >= 0.3 is 71.1 Å². The summed E-state index contributed by atoms with van der Waals surface area (Å²) in [6, 6.07) is 0. The number of hydrogen-bond acceptors (Lipinski definition) is 11. The van der Waals surface area contributed by atoms with Crippen LogP contribution in [0, 0.1) is 21.6 Å². The van der Waals surface area contributed by atoms with E-state index < -0.39 is 19.8 Å². The van der Waals surface area contributed by atoms with E-state index in [0.29, 0.717) is 0 Å². The molecule has 0 fully saturated rings. The molecule has 0 aromatic heterocycles. The topological polar surface area (TPSA) is 316 Å². The maximum atomic E-state index is 9.10. The molecule has 0 saturated carbocycles. The van der Waals surface area contributed by atoms with Gasteiger partial charge in [0.05, 0.1) is 0 Å². The summed E-state index contributed by atoms with van der Waals surface area (Å²) in [5.41, 5.74) is 0. The number of carbonyl (C=O) groups excluding carboxylic acids is 4. The van der Waals surface area contributed by atoms with Gasteiger partial charge in [-0.3, -0.25) is 0 Å². The van der Waals surface area contributed by atoms with E-state index in [2.05, 4.69) is 0 Å². The predicted octanol–water partition coefficient (Wildman–Crippen LogP) is -5.05. The third-order valence-electron chi connectivity index (χ3n) is 0.183. The van der Waals surface area contributed by atoms with Gasteiger partial charge in [0.1, 0.15) is 0 Å². The molecule has 0 unspecified atom stereocenters. The minimum atomic E-state index is -4.64. The van der Waals surface area contributed by atoms with E-state index in [0.717, 1.165) is 24.3 Å². The Morgan fingerprint density at radius 3 is 0.750 bits per heavy atom. The van der Waals surface area contributed by atoms with Crippen LogP contribution in [0.3, 0.4) is 0 Å². The summed E-state index contributed by atoms with van der Waals surface area (Å²) >= 11 is 0. The van der Waals surface area contributed by atoms with Crippen LogP contribution in [0.1, 0.15) is 1.43 Å². The maximum Gasteiger partial charge on any atom is 1.00 e. The van der Waals surface area contributed by atoms with Gasteiger partial charge in [-0.25, -0.2) is 55.0 Å². The van der Waals surface area contributed by atoms with Crippen LogP contribution >= 0.6 is 7.82 Å². The molecule has 0 rings (SSSR count). The Bertz CT molecular complexity index is 429. The Balaban J connectivity index is -0.0000000234. The van der Waals surface area contributed by atoms with Crippen molar-refractivity contribution >= 4 is 44.1 Å². The van der Waals surface area contributed by atoms with E-state index in [1.807, 2.05) is 0 Å². The first-order valence-electron chi connectivity index (χ1n) is 3.70. The van der Waals surface area contributed by atoms with Crippen LogP contribution < -0.4 is 51.4 Å². The van der Waals surface area contributed by atoms with Crippen molar-refractivity contribution in [2.24, 2.45) is 0 Å². The van der Waals surface area contributed by atoms with E-state index in [1.54, 1.807) is 0 Å². The van der Waals surface area contributed by atoms with Gasteiger partial charge in [0.2, 0.25) is 24.3 Å². The SMILES string of the molecule is N=C=O.N=C=O.N=C=O.N=C=O.O=C(O)C(=O)O.O=P(O)(O)O.[H-].[K+]. The average Bonchev–Trinajstić information content (AvgIpc) is 2.30. The molecule has 0 aliphatic heterocycles. The molecule has 0 saturated heterocycles. The second kappa shape index (κ2) is 42.9. The van der Waals surface area contributed by atoms with Crippen molar-refractivity contribution in [3.05, 3.63) is 0 Å². The fourth-order valence-electron chi connectivity index (χ4n) is 0. The van der Waals surface area contributed by atoms with Gasteiger partial charge < -0.3 is 26.3 Å². The molecule has 132 valence electrons. The average molecular weight is 400 g/mol. The van der Waals surface area contributed by atoms with Crippen LogP contribution in [-0.4, -0.2) is 61.2 Å². The molecule has 0 atom stereocenters. The fourth-order valence-corrected chi connectivity index (χ4v) is 0. The molecule has 0 aliphatic rings. The van der Waals surface area contributed by atoms with Crippen LogP contribution in [0.15, 0.2) is 0 Å². The molecule has 0 bridgehead atoms. The van der Waals surface area contributed by atoms with Gasteiger partial charge in [-0.05, 0) is 0 Å². The summed E-state index contributed by atoms with van der Waals surface area (Å²) in [6.07, 6.45) is 3.00. The summed E-state index contributed by atoms with van der Waals surface area (Å²) in [5, 5.41) is 36.4. The Hall–Kier alpha value is -1.79. The summed E-state index contributed by atoms with van der Waals surface area (Å²) in [4.78, 5) is 73.2. The zero-order chi connectivity index (χ0) is 20.5. The number of aliphatic carboxylic acids is 2. The summed E-state index contributed by atoms with van der Waals surface area (Å²) in [7, 11) is -4.64. The molecule has 24 heavy (non-hydrogen) atoms. The molecule has 18 heteroatoms. The van der Waals surface area contributed by atoms with Gasteiger partial charge in [0.25, 0.3) is 0 Å². The predicted molar refractivity (Wildman–Crippen MR) is 64.3 cm³/mol. The van der Waals surface area contributed by atoms with E-state index in [4.69, 9.17) is 79.9 Å². The van der Waals surface area contributed by atoms with E-state index in [-0.39, 0.29) is 52.8 Å². The molecule has 0 heterocycles. The smallest absolute Gasteiger partial charge is 1.00 e. The Kier molecular flexibility index (Phi) is 77.2. The number of isocyanates is 4. The van der Waals surface area contributed by atoms with Crippen molar-refractivity contribution in [1.29, 1.82) is 21.6 Å². The number of carboxylic acids is 2. The van der Waals surface area contributed by atoms with Gasteiger partial charge in [0.15, 0.2) is 0 Å². The number of carbonyl (C=O) groups is 2. The first-order chi connectivity index (χ1) is 10.3. The Morgan fingerprint density at radius 2 is 0.750 bits per heavy atom. The second-order valence-electron chi connectivity index (χ2n) is 1.53. The minimum Gasteiger partial charge on any atom is -1.00 e. The van der Waals surface area contributed by atoms with Crippen molar-refractivity contribution in [2.75, 3.05) is 0 Å². The van der Waals surface area contributed by atoms with Gasteiger partial charge in [0, 0.05) is 0 Å². The third-order valence-corrected chi connectivity index (χ3v) is 0.183. The van der Waals surface area contributed by atoms with E-state index in [1.165, 1.54) is 0 Å². The summed E-state index contributed by atoms with van der Waals surface area (Å²) < 4.78 is 8.88. The molecule has 9 N–H and O–H groups in total. The van der Waals surface area contributed by atoms with Crippen LogP contribution in [-0.2, 0) is 33.3 Å². The maximum absolute atomic E-state index is 9.10. The molecule has 0 aromatic rings. The molecule has 0 aliphatic carbocycles. The first-order valence-corrected chi connectivity index (χ1v) is 5.27. The molecule has 0 radical (unpaired) electrons. The quantitative estimate of drug-likeness (QED) is 0.0606. The first kappa shape index (κ1) is 43.2. The van der Waals surface area contributed by atoms with E-state index in [9.17, 15) is 0 Å². The van der Waals surface area contributed by atoms with Gasteiger partial charge in [-0.2, -0.15) is 0 Å². The molecule has 16 nitrogen and oxygen atoms in total. The molecule has 0 aromatic carbocycles. The third kappa shape index (κ3) is 1530. The zero-order valence-corrected chi connectivity index (χ0v) is 15.6. The van der Waals surface area contributed by atoms with Crippen LogP contribution in [0.2, 0.25) is 0 Å². The zero-order valence-electron chi connectivity index (χ0n) is 12.5. The molecular weight excluding hydrogens is 390 g/mol. The second-order valence-corrected chi connectivity index (χ2v) is 2.56. The van der Waals surface area contributed by atoms with Crippen LogP contribution in [0.4, 0.5) is 0 Å². The normalized spacial score (nSPS) is 5.62. The molecule has 0 amide bonds. The van der Waals surface area contributed by atoms with Crippen LogP contribution in [0.25, 0.3) is 0 Å². The Morgan fingerprint density at radius 1 is 0.708 bits per heavy atom. The summed E-state index contributed by atoms with van der Waals surface area (Å²) in [6.45, 7) is 0. The Labute approximate surface area is 175 Å². The minimum absolute atomic E-state index is 0. The number of nitrogens with one attached hydrogen (secondary N) is 4. The fraction of sp³-hybridized carbons (Fsp3) is 0. The van der Waals surface area contributed by atoms with E-state index >= 15 is 0 Å². The van der Waals surface area contributed by atoms with Crippen molar-refractivity contribution in [3.8, 4) is 0 Å². The van der Waals surface area contributed by atoms with Crippen molar-refractivity contribution in [2.45, 2.75) is 0 Å². The molecule has 0 spiro atoms. The van der Waals surface area contributed by atoms with Gasteiger partial charge in [-0.1, -0.05) is 0 Å². The number of hydrogen-bond donors (Lipinski definition) is 9. The van der Waals surface area contributed by atoms with Crippen molar-refractivity contribution in [3.63, 3.8) is 0 Å². The van der Waals surface area contributed by atoms with Crippen LogP contribution in [0.5, 0.6) is 0 Å².